The summed E-state index contributed by atoms with van der Waals surface area (Å²) in [5.41, 5.74) is 6.33. The fourth-order valence-corrected chi connectivity index (χ4v) is 6.08. The summed E-state index contributed by atoms with van der Waals surface area (Å²) in [7, 11) is 0. The molecule has 2 heterocycles. The Morgan fingerprint density at radius 2 is 1.03 bits per heavy atom. The van der Waals surface area contributed by atoms with Crippen LogP contribution in [0.15, 0.2) is 140 Å². The molecule has 6 aromatic carbocycles. The molecular weight excluding hydrogens is 813 g/mol. The van der Waals surface area contributed by atoms with E-state index in [4.69, 9.17) is 39.7 Å². The molecule has 6 aromatic rings. The molecular formula is C49H44O14. The van der Waals surface area contributed by atoms with Crippen molar-refractivity contribution in [2.24, 2.45) is 0 Å². The van der Waals surface area contributed by atoms with Crippen LogP contribution in [0.25, 0.3) is 0 Å². The largest absolute Gasteiger partial charge is 0.508 e. The molecule has 0 radical (unpaired) electrons. The van der Waals surface area contributed by atoms with E-state index in [1.54, 1.807) is 84.9 Å². The number of hydrogen-bond acceptors (Lipinski definition) is 10. The van der Waals surface area contributed by atoms with E-state index in [1.165, 1.54) is 18.2 Å². The van der Waals surface area contributed by atoms with Crippen LogP contribution in [0.4, 0.5) is 0 Å². The predicted octanol–water partition coefficient (Wildman–Crippen LogP) is 8.04. The molecule has 0 bridgehead atoms. The van der Waals surface area contributed by atoms with Gasteiger partial charge in [-0.2, -0.15) is 0 Å². The van der Waals surface area contributed by atoms with E-state index in [1.807, 2.05) is 36.4 Å². The van der Waals surface area contributed by atoms with Crippen molar-refractivity contribution in [3.8, 4) is 17.2 Å². The van der Waals surface area contributed by atoms with Gasteiger partial charge in [0.2, 0.25) is 0 Å². The fraction of sp³-hybridized carbons (Fsp3) is 0.143. The van der Waals surface area contributed by atoms with Gasteiger partial charge in [-0.3, -0.25) is 19.2 Å². The van der Waals surface area contributed by atoms with Gasteiger partial charge in [0.1, 0.15) is 37.1 Å². The van der Waals surface area contributed by atoms with Gasteiger partial charge in [-0.15, -0.1) is 0 Å². The number of phenols is 1. The molecule has 324 valence electrons. The number of hydrogen-bond donors (Lipinski definition) is 5. The predicted molar refractivity (Wildman–Crippen MR) is 229 cm³/mol. The maximum Gasteiger partial charge on any atom is 0.338 e. The third kappa shape index (κ3) is 14.2. The Hall–Kier alpha value is -8.26. The van der Waals surface area contributed by atoms with E-state index >= 15 is 0 Å². The zero-order chi connectivity index (χ0) is 44.6. The van der Waals surface area contributed by atoms with Crippen LogP contribution in [0.1, 0.15) is 77.4 Å². The van der Waals surface area contributed by atoms with E-state index in [9.17, 15) is 28.8 Å². The van der Waals surface area contributed by atoms with Crippen molar-refractivity contribution in [2.75, 3.05) is 0 Å². The summed E-state index contributed by atoms with van der Waals surface area (Å²) in [6, 6.07) is 39.1. The van der Waals surface area contributed by atoms with Crippen molar-refractivity contribution in [3.63, 3.8) is 0 Å². The minimum Gasteiger partial charge on any atom is -0.508 e. The van der Waals surface area contributed by atoms with Crippen LogP contribution >= 0.6 is 0 Å². The standard InChI is InChI=1S/C16H14O5.C16H12O4.C8H8O3.C8H6O2.CH4/c17-15(18)9-11-5-7-13(8-6-11)21-10-12-3-1-2-4-14(12)16(19)20;17-15(18)8-10-5-6-14-13(7-10)16(19)12-4-2-1-3-11(12)9-20-14;9-7-3-1-6(2-4-7)5-8(10)11;9-8-7-4-2-1-3-6(7)5-10-8;/h1-8H,9-10H2,(H,17,18)(H,19,20);1-7H,8-9H2,(H,17,18);1-4,9H,5H2,(H,10,11);1-4H,5H2;1H4. The van der Waals surface area contributed by atoms with Crippen molar-refractivity contribution in [2.45, 2.75) is 46.5 Å². The number of aromatic hydroxyl groups is 1. The number of carboxylic acids is 4. The molecule has 0 fully saturated rings. The highest BCUT2D eigenvalue weighted by Gasteiger charge is 2.23. The van der Waals surface area contributed by atoms with Gasteiger partial charge in [-0.05, 0) is 65.2 Å². The first-order valence-electron chi connectivity index (χ1n) is 18.9. The first-order valence-corrected chi connectivity index (χ1v) is 18.9. The molecule has 0 atom stereocenters. The number of carboxylic acid groups (broad SMARTS) is 4. The van der Waals surface area contributed by atoms with Crippen molar-refractivity contribution in [1.29, 1.82) is 0 Å². The topological polar surface area (TPSA) is 231 Å². The van der Waals surface area contributed by atoms with Crippen LogP contribution < -0.4 is 9.47 Å². The van der Waals surface area contributed by atoms with E-state index in [2.05, 4.69) is 0 Å². The van der Waals surface area contributed by atoms with Gasteiger partial charge in [0.05, 0.1) is 36.0 Å². The number of ketones is 1. The van der Waals surface area contributed by atoms with Gasteiger partial charge in [-0.1, -0.05) is 98.4 Å². The summed E-state index contributed by atoms with van der Waals surface area (Å²) in [4.78, 5) is 66.0. The fourth-order valence-electron chi connectivity index (χ4n) is 6.08. The SMILES string of the molecule is C.O=C(O)Cc1ccc(O)cc1.O=C(O)Cc1ccc(OCc2ccccc2C(=O)O)cc1.O=C(O)Cc1ccc2c(c1)C(=O)c1ccccc1CO2.O=C1OCc2ccccc21. The summed E-state index contributed by atoms with van der Waals surface area (Å²) in [5.74, 6) is -2.78. The molecule has 5 N–H and O–H groups in total. The minimum atomic E-state index is -0.994. The molecule has 14 heteroatoms. The van der Waals surface area contributed by atoms with Crippen LogP contribution in [-0.4, -0.2) is 61.2 Å². The number of ether oxygens (including phenoxy) is 3. The number of phenolic OH excluding ortho intramolecular Hbond substituents is 1. The van der Waals surface area contributed by atoms with Crippen LogP contribution in [0.3, 0.4) is 0 Å². The molecule has 0 saturated carbocycles. The molecule has 0 amide bonds. The maximum atomic E-state index is 12.5. The Morgan fingerprint density at radius 1 is 0.540 bits per heavy atom. The van der Waals surface area contributed by atoms with E-state index in [0.29, 0.717) is 63.7 Å². The second kappa shape index (κ2) is 22.9. The van der Waals surface area contributed by atoms with Gasteiger partial charge in [0.15, 0.2) is 5.78 Å². The Balaban J connectivity index is 0.000000192. The van der Waals surface area contributed by atoms with Crippen molar-refractivity contribution < 1.29 is 68.5 Å². The normalized spacial score (nSPS) is 11.4. The number of benzene rings is 6. The average Bonchev–Trinajstić information content (AvgIpc) is 3.57. The molecule has 0 unspecified atom stereocenters. The molecule has 0 saturated heterocycles. The number of carbonyl (C=O) groups is 6. The summed E-state index contributed by atoms with van der Waals surface area (Å²) < 4.78 is 16.0. The molecule has 2 aliphatic heterocycles. The number of carbonyl (C=O) groups excluding carboxylic acids is 2. The van der Waals surface area contributed by atoms with Crippen molar-refractivity contribution in [1.82, 2.24) is 0 Å². The monoisotopic (exact) mass is 856 g/mol. The van der Waals surface area contributed by atoms with Crippen LogP contribution in [0, 0.1) is 0 Å². The van der Waals surface area contributed by atoms with Gasteiger partial charge in [0, 0.05) is 22.3 Å². The molecule has 0 aliphatic carbocycles. The maximum absolute atomic E-state index is 12.5. The highest BCUT2D eigenvalue weighted by molar-refractivity contribution is 6.12. The number of cyclic esters (lactones) is 1. The third-order valence-electron chi connectivity index (χ3n) is 9.10. The second-order valence-corrected chi connectivity index (χ2v) is 13.6. The Bertz CT molecular complexity index is 2560. The zero-order valence-corrected chi connectivity index (χ0v) is 32.9. The van der Waals surface area contributed by atoms with E-state index in [0.717, 1.165) is 11.1 Å². The summed E-state index contributed by atoms with van der Waals surface area (Å²) in [5, 5.41) is 43.8. The van der Waals surface area contributed by atoms with Crippen LogP contribution in [-0.2, 0) is 58.2 Å². The Kier molecular flexibility index (Phi) is 17.3. The highest BCUT2D eigenvalue weighted by atomic mass is 16.5. The number of fused-ring (bicyclic) bond motifs is 3. The Morgan fingerprint density at radius 3 is 1.62 bits per heavy atom. The molecule has 0 aromatic heterocycles. The van der Waals surface area contributed by atoms with Gasteiger partial charge in [0.25, 0.3) is 0 Å². The van der Waals surface area contributed by atoms with Crippen molar-refractivity contribution in [3.05, 3.63) is 195 Å². The quantitative estimate of drug-likeness (QED) is 0.0821. The lowest BCUT2D eigenvalue weighted by Gasteiger charge is -2.09. The number of aromatic carboxylic acids is 1. The average molecular weight is 857 g/mol. The zero-order valence-electron chi connectivity index (χ0n) is 32.9. The van der Waals surface area contributed by atoms with Crippen LogP contribution in [0.2, 0.25) is 0 Å². The molecule has 63 heavy (non-hydrogen) atoms. The van der Waals surface area contributed by atoms with Crippen molar-refractivity contribution >= 4 is 35.6 Å². The molecule has 0 spiro atoms. The molecule has 2 aliphatic rings. The lowest BCUT2D eigenvalue weighted by Crippen LogP contribution is -2.05. The number of aliphatic carboxylic acids is 3. The minimum absolute atomic E-state index is 0. The number of esters is 1. The highest BCUT2D eigenvalue weighted by Crippen LogP contribution is 2.29. The summed E-state index contributed by atoms with van der Waals surface area (Å²) in [6.45, 7) is 0.920. The van der Waals surface area contributed by atoms with E-state index < -0.39 is 23.9 Å². The molecule has 14 nitrogen and oxygen atoms in total. The van der Waals surface area contributed by atoms with E-state index in [-0.39, 0.29) is 56.4 Å². The molecule has 8 rings (SSSR count). The lowest BCUT2D eigenvalue weighted by molar-refractivity contribution is -0.137. The smallest absolute Gasteiger partial charge is 0.338 e. The number of rotatable bonds is 10. The van der Waals surface area contributed by atoms with Gasteiger partial charge in [-0.25, -0.2) is 9.59 Å². The first kappa shape index (κ1) is 47.4. The summed E-state index contributed by atoms with van der Waals surface area (Å²) in [6.07, 6.45) is -0.148. The Labute approximate surface area is 362 Å². The summed E-state index contributed by atoms with van der Waals surface area (Å²) >= 11 is 0. The van der Waals surface area contributed by atoms with Crippen LogP contribution in [0.5, 0.6) is 17.2 Å². The lowest BCUT2D eigenvalue weighted by atomic mass is 9.97. The van der Waals surface area contributed by atoms with Gasteiger partial charge >= 0.3 is 29.8 Å². The second-order valence-electron chi connectivity index (χ2n) is 13.6. The third-order valence-corrected chi connectivity index (χ3v) is 9.10. The first-order chi connectivity index (χ1) is 29.8. The van der Waals surface area contributed by atoms with Gasteiger partial charge < -0.3 is 39.7 Å².